The zero-order chi connectivity index (χ0) is 19.7. The number of terminal acetylenes is 1. The zero-order valence-corrected chi connectivity index (χ0v) is 15.2. The number of nitrogen functional groups attached to an aromatic ring is 1. The van der Waals surface area contributed by atoms with Gasteiger partial charge in [0.05, 0.1) is 41.0 Å². The molecule has 8 nitrogen and oxygen atoms in total. The number of hydrogen-bond donors (Lipinski definition) is 4. The molecule has 0 unspecified atom stereocenters. The number of aromatic nitrogens is 3. The Bertz CT molecular complexity index is 1110. The zero-order valence-electron chi connectivity index (χ0n) is 15.2. The van der Waals surface area contributed by atoms with Crippen LogP contribution in [0.5, 0.6) is 5.75 Å². The SMILES string of the molecule is C#Cc1cccc(Nc2c(-c3ccnc(N)n3)[nH]c3c2C(=O)NCC3)c1OC. The van der Waals surface area contributed by atoms with Crippen molar-refractivity contribution in [1.29, 1.82) is 0 Å². The molecule has 4 rings (SSSR count). The van der Waals surface area contributed by atoms with E-state index in [0.29, 0.717) is 52.6 Å². The second kappa shape index (κ2) is 6.96. The minimum Gasteiger partial charge on any atom is -0.493 e. The number of benzene rings is 1. The first-order valence-electron chi connectivity index (χ1n) is 8.65. The van der Waals surface area contributed by atoms with Gasteiger partial charge in [-0.15, -0.1) is 6.42 Å². The quantitative estimate of drug-likeness (QED) is 0.519. The Balaban J connectivity index is 1.90. The van der Waals surface area contributed by atoms with Crippen molar-refractivity contribution in [2.75, 3.05) is 24.7 Å². The van der Waals surface area contributed by atoms with Gasteiger partial charge in [0.25, 0.3) is 5.91 Å². The van der Waals surface area contributed by atoms with E-state index in [2.05, 4.69) is 31.5 Å². The third-order valence-electron chi connectivity index (χ3n) is 4.53. The molecule has 3 heterocycles. The first-order chi connectivity index (χ1) is 13.6. The highest BCUT2D eigenvalue weighted by Gasteiger charge is 2.28. The molecule has 0 atom stereocenters. The lowest BCUT2D eigenvalue weighted by molar-refractivity contribution is 0.0947. The van der Waals surface area contributed by atoms with E-state index in [4.69, 9.17) is 16.9 Å². The highest BCUT2D eigenvalue weighted by molar-refractivity contribution is 6.06. The summed E-state index contributed by atoms with van der Waals surface area (Å²) in [6.07, 6.45) is 7.83. The van der Waals surface area contributed by atoms with Crippen molar-refractivity contribution < 1.29 is 9.53 Å². The molecule has 0 aliphatic carbocycles. The van der Waals surface area contributed by atoms with Crippen LogP contribution >= 0.6 is 0 Å². The van der Waals surface area contributed by atoms with Crippen LogP contribution < -0.4 is 21.1 Å². The first kappa shape index (κ1) is 17.4. The number of ether oxygens (including phenoxy) is 1. The summed E-state index contributed by atoms with van der Waals surface area (Å²) >= 11 is 0. The summed E-state index contributed by atoms with van der Waals surface area (Å²) in [5.74, 6) is 3.10. The van der Waals surface area contributed by atoms with Crippen molar-refractivity contribution in [1.82, 2.24) is 20.3 Å². The fourth-order valence-corrected chi connectivity index (χ4v) is 3.31. The van der Waals surface area contributed by atoms with Gasteiger partial charge < -0.3 is 26.1 Å². The Morgan fingerprint density at radius 3 is 2.96 bits per heavy atom. The average Bonchev–Trinajstić information content (AvgIpc) is 3.07. The van der Waals surface area contributed by atoms with Gasteiger partial charge in [-0.05, 0) is 18.2 Å². The number of amides is 1. The largest absolute Gasteiger partial charge is 0.493 e. The van der Waals surface area contributed by atoms with Gasteiger partial charge in [0.2, 0.25) is 5.95 Å². The normalized spacial score (nSPS) is 12.6. The van der Waals surface area contributed by atoms with Crippen LogP contribution in [0.1, 0.15) is 21.6 Å². The molecule has 1 aromatic carbocycles. The number of nitrogens with one attached hydrogen (secondary N) is 3. The molecule has 0 fully saturated rings. The lowest BCUT2D eigenvalue weighted by Crippen LogP contribution is -2.31. The standard InChI is InChI=1S/C20H18N6O2/c1-3-11-5-4-6-14(18(11)28-2)25-17-15-12(7-9-22-19(15)27)24-16(17)13-8-10-23-20(21)26-13/h1,4-6,8,10,24-25H,7,9H2,2H3,(H,22,27)(H2,21,23,26). The van der Waals surface area contributed by atoms with Crippen molar-refractivity contribution in [2.24, 2.45) is 0 Å². The molecule has 28 heavy (non-hydrogen) atoms. The van der Waals surface area contributed by atoms with Crippen LogP contribution in [0.3, 0.4) is 0 Å². The molecule has 1 aliphatic rings. The van der Waals surface area contributed by atoms with Gasteiger partial charge in [0, 0.05) is 24.9 Å². The number of nitrogens with zero attached hydrogens (tertiary/aromatic N) is 2. The van der Waals surface area contributed by atoms with Gasteiger partial charge >= 0.3 is 0 Å². The summed E-state index contributed by atoms with van der Waals surface area (Å²) < 4.78 is 5.49. The lowest BCUT2D eigenvalue weighted by atomic mass is 10.1. The summed E-state index contributed by atoms with van der Waals surface area (Å²) in [7, 11) is 1.55. The number of hydrogen-bond acceptors (Lipinski definition) is 6. The van der Waals surface area contributed by atoms with E-state index >= 15 is 0 Å². The topological polar surface area (TPSA) is 118 Å². The number of H-pyrrole nitrogens is 1. The highest BCUT2D eigenvalue weighted by Crippen LogP contribution is 2.39. The summed E-state index contributed by atoms with van der Waals surface area (Å²) in [5.41, 5.74) is 10.2. The van der Waals surface area contributed by atoms with E-state index in [0.717, 1.165) is 5.69 Å². The van der Waals surface area contributed by atoms with E-state index < -0.39 is 0 Å². The molecule has 0 bridgehead atoms. The Morgan fingerprint density at radius 1 is 1.36 bits per heavy atom. The Hall–Kier alpha value is -3.99. The molecule has 2 aromatic heterocycles. The fourth-order valence-electron chi connectivity index (χ4n) is 3.31. The number of fused-ring (bicyclic) bond motifs is 1. The van der Waals surface area contributed by atoms with E-state index in [-0.39, 0.29) is 11.9 Å². The minimum absolute atomic E-state index is 0.146. The third kappa shape index (κ3) is 2.89. The maximum absolute atomic E-state index is 12.6. The molecule has 0 saturated heterocycles. The summed E-state index contributed by atoms with van der Waals surface area (Å²) in [5, 5.41) is 6.18. The van der Waals surface area contributed by atoms with Crippen LogP contribution in [0, 0.1) is 12.3 Å². The number of aromatic amines is 1. The molecule has 3 aromatic rings. The van der Waals surface area contributed by atoms with Gasteiger partial charge in [-0.25, -0.2) is 9.97 Å². The molecule has 0 spiro atoms. The maximum Gasteiger partial charge on any atom is 0.255 e. The molecule has 5 N–H and O–H groups in total. The molecular weight excluding hydrogens is 356 g/mol. The van der Waals surface area contributed by atoms with Crippen LogP contribution in [-0.2, 0) is 6.42 Å². The van der Waals surface area contributed by atoms with Crippen LogP contribution in [0.4, 0.5) is 17.3 Å². The molecule has 140 valence electrons. The van der Waals surface area contributed by atoms with Crippen LogP contribution in [0.25, 0.3) is 11.4 Å². The highest BCUT2D eigenvalue weighted by atomic mass is 16.5. The van der Waals surface area contributed by atoms with Crippen molar-refractivity contribution in [2.45, 2.75) is 6.42 Å². The second-order valence-electron chi connectivity index (χ2n) is 6.19. The van der Waals surface area contributed by atoms with Crippen molar-refractivity contribution in [3.8, 4) is 29.5 Å². The number of anilines is 3. The van der Waals surface area contributed by atoms with E-state index in [1.165, 1.54) is 0 Å². The van der Waals surface area contributed by atoms with E-state index in [1.54, 1.807) is 25.4 Å². The van der Waals surface area contributed by atoms with Gasteiger partial charge in [-0.1, -0.05) is 12.0 Å². The number of nitrogens with two attached hydrogens (primary N) is 1. The Morgan fingerprint density at radius 2 is 2.21 bits per heavy atom. The average molecular weight is 374 g/mol. The third-order valence-corrected chi connectivity index (χ3v) is 4.53. The maximum atomic E-state index is 12.6. The monoisotopic (exact) mass is 374 g/mol. The predicted octanol–water partition coefficient (Wildman–Crippen LogP) is 2.07. The summed E-state index contributed by atoms with van der Waals surface area (Å²) in [6, 6.07) is 7.17. The van der Waals surface area contributed by atoms with Gasteiger partial charge in [-0.2, -0.15) is 0 Å². The predicted molar refractivity (Wildman–Crippen MR) is 106 cm³/mol. The number of para-hydroxylation sites is 1. The smallest absolute Gasteiger partial charge is 0.255 e. The second-order valence-corrected chi connectivity index (χ2v) is 6.19. The molecule has 0 saturated carbocycles. The van der Waals surface area contributed by atoms with E-state index in [9.17, 15) is 4.79 Å². The number of carbonyl (C=O) groups excluding carboxylic acids is 1. The van der Waals surface area contributed by atoms with Gasteiger partial charge in [-0.3, -0.25) is 4.79 Å². The van der Waals surface area contributed by atoms with Gasteiger partial charge in [0.1, 0.15) is 0 Å². The summed E-state index contributed by atoms with van der Waals surface area (Å²) in [4.78, 5) is 24.1. The van der Waals surface area contributed by atoms with E-state index in [1.807, 2.05) is 12.1 Å². The number of rotatable bonds is 4. The fraction of sp³-hybridized carbons (Fsp3) is 0.150. The Labute approximate surface area is 161 Å². The Kier molecular flexibility index (Phi) is 4.33. The molecule has 1 aliphatic heterocycles. The van der Waals surface area contributed by atoms with Crippen LogP contribution in [0.15, 0.2) is 30.5 Å². The number of methoxy groups -OCH3 is 1. The van der Waals surface area contributed by atoms with Crippen LogP contribution in [-0.4, -0.2) is 34.5 Å². The van der Waals surface area contributed by atoms with Crippen LogP contribution in [0.2, 0.25) is 0 Å². The van der Waals surface area contributed by atoms with Crippen molar-refractivity contribution in [3.63, 3.8) is 0 Å². The molecule has 8 heteroatoms. The summed E-state index contributed by atoms with van der Waals surface area (Å²) in [6.45, 7) is 0.563. The molecular formula is C20H18N6O2. The van der Waals surface area contributed by atoms with Crippen molar-refractivity contribution >= 4 is 23.2 Å². The number of carbonyl (C=O) groups is 1. The van der Waals surface area contributed by atoms with Crippen molar-refractivity contribution in [3.05, 3.63) is 47.3 Å². The lowest BCUT2D eigenvalue weighted by Gasteiger charge is -2.17. The minimum atomic E-state index is -0.166. The first-order valence-corrected chi connectivity index (χ1v) is 8.65. The molecule has 1 amide bonds. The molecule has 0 radical (unpaired) electrons. The van der Waals surface area contributed by atoms with Gasteiger partial charge in [0.15, 0.2) is 5.75 Å².